The molecule has 1 atom stereocenters. The Hall–Kier alpha value is -1.33. The molecule has 21 heavy (non-hydrogen) atoms. The summed E-state index contributed by atoms with van der Waals surface area (Å²) in [5.74, 6) is 0.480. The van der Waals surface area contributed by atoms with Crippen LogP contribution in [-0.4, -0.2) is 49.0 Å². The molecule has 0 saturated carbocycles. The zero-order valence-corrected chi connectivity index (χ0v) is 14.0. The van der Waals surface area contributed by atoms with Crippen LogP contribution >= 0.6 is 11.6 Å². The normalized spacial score (nSPS) is 12.3. The zero-order chi connectivity index (χ0) is 15.8. The van der Waals surface area contributed by atoms with Crippen LogP contribution < -0.4 is 10.6 Å². The minimum absolute atomic E-state index is 0.108. The van der Waals surface area contributed by atoms with E-state index in [9.17, 15) is 4.79 Å². The molecule has 1 aromatic rings. The summed E-state index contributed by atoms with van der Waals surface area (Å²) in [6.45, 7) is 5.80. The van der Waals surface area contributed by atoms with E-state index in [1.807, 2.05) is 21.0 Å². The van der Waals surface area contributed by atoms with Crippen LogP contribution in [0, 0.1) is 0 Å². The van der Waals surface area contributed by atoms with Crippen molar-refractivity contribution >= 4 is 23.3 Å². The lowest BCUT2D eigenvalue weighted by molar-refractivity contribution is 0.0936. The maximum atomic E-state index is 12.1. The Kier molecular flexibility index (Phi) is 7.47. The Morgan fingerprint density at radius 2 is 2.19 bits per heavy atom. The first-order chi connectivity index (χ1) is 9.93. The van der Waals surface area contributed by atoms with Gasteiger partial charge in [-0.1, -0.05) is 18.5 Å². The Morgan fingerprint density at radius 1 is 1.48 bits per heavy atom. The molecule has 1 rings (SSSR count). The topological polar surface area (TPSA) is 57.3 Å². The van der Waals surface area contributed by atoms with Crippen molar-refractivity contribution in [3.05, 3.63) is 22.8 Å². The largest absolute Gasteiger partial charge is 0.369 e. The highest BCUT2D eigenvalue weighted by atomic mass is 35.5. The van der Waals surface area contributed by atoms with Crippen molar-refractivity contribution in [1.29, 1.82) is 0 Å². The van der Waals surface area contributed by atoms with E-state index in [-0.39, 0.29) is 11.9 Å². The van der Waals surface area contributed by atoms with Gasteiger partial charge in [-0.05, 0) is 46.5 Å². The summed E-state index contributed by atoms with van der Waals surface area (Å²) in [7, 11) is 4.03. The van der Waals surface area contributed by atoms with E-state index in [1.54, 1.807) is 12.3 Å². The fraction of sp³-hybridized carbons (Fsp3) is 0.600. The average molecular weight is 313 g/mol. The van der Waals surface area contributed by atoms with Crippen molar-refractivity contribution in [1.82, 2.24) is 15.2 Å². The van der Waals surface area contributed by atoms with Crippen LogP contribution in [0.2, 0.25) is 5.02 Å². The number of hydrogen-bond donors (Lipinski definition) is 2. The molecule has 0 aromatic carbocycles. The molecule has 0 aliphatic heterocycles. The lowest BCUT2D eigenvalue weighted by atomic mass is 10.2. The number of rotatable bonds is 8. The van der Waals surface area contributed by atoms with Crippen LogP contribution in [-0.2, 0) is 0 Å². The number of carbonyl (C=O) groups excluding carboxylic acids is 1. The minimum Gasteiger partial charge on any atom is -0.369 e. The number of amides is 1. The summed E-state index contributed by atoms with van der Waals surface area (Å²) in [5, 5.41) is 6.55. The molecule has 0 aliphatic rings. The molecule has 1 aromatic heterocycles. The second-order valence-corrected chi connectivity index (χ2v) is 5.85. The Bertz CT molecular complexity index is 465. The van der Waals surface area contributed by atoms with E-state index >= 15 is 0 Å². The van der Waals surface area contributed by atoms with Crippen molar-refractivity contribution in [2.24, 2.45) is 0 Å². The van der Waals surface area contributed by atoms with Gasteiger partial charge in [-0.3, -0.25) is 4.79 Å². The Labute approximate surface area is 132 Å². The summed E-state index contributed by atoms with van der Waals surface area (Å²) < 4.78 is 0. The molecule has 0 aliphatic carbocycles. The smallest absolute Gasteiger partial charge is 0.253 e. The summed E-state index contributed by atoms with van der Waals surface area (Å²) in [6.07, 6.45) is 3.44. The molecule has 6 heteroatoms. The fourth-order valence-corrected chi connectivity index (χ4v) is 2.00. The van der Waals surface area contributed by atoms with Gasteiger partial charge in [-0.25, -0.2) is 4.98 Å². The number of halogens is 1. The standard InChI is InChI=1S/C15H25ClN4O/c1-5-7-17-14-13(16)9-12(10-18-14)15(21)19-11(2)6-8-20(3)4/h9-11H,5-8H2,1-4H3,(H,17,18)(H,19,21). The van der Waals surface area contributed by atoms with Crippen LogP contribution in [0.1, 0.15) is 37.0 Å². The van der Waals surface area contributed by atoms with Gasteiger partial charge in [0, 0.05) is 18.8 Å². The van der Waals surface area contributed by atoms with Crippen LogP contribution in [0.3, 0.4) is 0 Å². The average Bonchev–Trinajstić information content (AvgIpc) is 2.43. The SMILES string of the molecule is CCCNc1ncc(C(=O)NC(C)CCN(C)C)cc1Cl. The van der Waals surface area contributed by atoms with Crippen molar-refractivity contribution in [2.75, 3.05) is 32.5 Å². The Balaban J connectivity index is 2.60. The van der Waals surface area contributed by atoms with Gasteiger partial charge in [0.05, 0.1) is 10.6 Å². The predicted molar refractivity (Wildman–Crippen MR) is 88.1 cm³/mol. The molecule has 0 saturated heterocycles. The predicted octanol–water partition coefficient (Wildman–Crippen LogP) is 2.63. The first kappa shape index (κ1) is 17.7. The third-order valence-electron chi connectivity index (χ3n) is 3.03. The third kappa shape index (κ3) is 6.31. The minimum atomic E-state index is -0.141. The molecule has 1 heterocycles. The third-order valence-corrected chi connectivity index (χ3v) is 3.32. The molecule has 0 spiro atoms. The first-order valence-electron chi connectivity index (χ1n) is 7.29. The quantitative estimate of drug-likeness (QED) is 0.775. The second-order valence-electron chi connectivity index (χ2n) is 5.45. The lowest BCUT2D eigenvalue weighted by Gasteiger charge is -2.17. The molecule has 0 fully saturated rings. The second kappa shape index (κ2) is 8.85. The lowest BCUT2D eigenvalue weighted by Crippen LogP contribution is -2.34. The van der Waals surface area contributed by atoms with Gasteiger partial charge in [0.15, 0.2) is 0 Å². The van der Waals surface area contributed by atoms with Crippen LogP contribution in [0.25, 0.3) is 0 Å². The van der Waals surface area contributed by atoms with E-state index in [0.717, 1.165) is 25.9 Å². The maximum Gasteiger partial charge on any atom is 0.253 e. The highest BCUT2D eigenvalue weighted by molar-refractivity contribution is 6.33. The first-order valence-corrected chi connectivity index (χ1v) is 7.66. The van der Waals surface area contributed by atoms with E-state index in [1.165, 1.54) is 0 Å². The van der Waals surface area contributed by atoms with Gasteiger partial charge in [0.2, 0.25) is 0 Å². The number of carbonyl (C=O) groups is 1. The number of nitrogens with one attached hydrogen (secondary N) is 2. The number of anilines is 1. The summed E-state index contributed by atoms with van der Waals surface area (Å²) in [6, 6.07) is 1.76. The van der Waals surface area contributed by atoms with E-state index < -0.39 is 0 Å². The molecule has 5 nitrogen and oxygen atoms in total. The highest BCUT2D eigenvalue weighted by Crippen LogP contribution is 2.20. The Morgan fingerprint density at radius 3 is 2.76 bits per heavy atom. The molecule has 0 bridgehead atoms. The monoisotopic (exact) mass is 312 g/mol. The zero-order valence-electron chi connectivity index (χ0n) is 13.2. The fourth-order valence-electron chi connectivity index (χ4n) is 1.77. The summed E-state index contributed by atoms with van der Waals surface area (Å²) in [4.78, 5) is 18.4. The van der Waals surface area contributed by atoms with Crippen LogP contribution in [0.15, 0.2) is 12.3 Å². The van der Waals surface area contributed by atoms with Crippen molar-refractivity contribution in [3.8, 4) is 0 Å². The number of hydrogen-bond acceptors (Lipinski definition) is 4. The van der Waals surface area contributed by atoms with Crippen molar-refractivity contribution < 1.29 is 4.79 Å². The number of nitrogens with zero attached hydrogens (tertiary/aromatic N) is 2. The summed E-state index contributed by atoms with van der Waals surface area (Å²) >= 11 is 6.14. The molecular formula is C15H25ClN4O. The van der Waals surface area contributed by atoms with Crippen molar-refractivity contribution in [2.45, 2.75) is 32.7 Å². The maximum absolute atomic E-state index is 12.1. The van der Waals surface area contributed by atoms with Gasteiger partial charge in [-0.2, -0.15) is 0 Å². The number of pyridine rings is 1. The van der Waals surface area contributed by atoms with Gasteiger partial charge in [0.25, 0.3) is 5.91 Å². The van der Waals surface area contributed by atoms with Gasteiger partial charge < -0.3 is 15.5 Å². The van der Waals surface area contributed by atoms with Crippen LogP contribution in [0.4, 0.5) is 5.82 Å². The van der Waals surface area contributed by atoms with E-state index in [4.69, 9.17) is 11.6 Å². The molecule has 1 unspecified atom stereocenters. The molecular weight excluding hydrogens is 288 g/mol. The molecule has 0 radical (unpaired) electrons. The molecule has 1 amide bonds. The van der Waals surface area contributed by atoms with Gasteiger partial charge in [-0.15, -0.1) is 0 Å². The van der Waals surface area contributed by atoms with E-state index in [2.05, 4.69) is 27.4 Å². The number of aromatic nitrogens is 1. The molecule has 2 N–H and O–H groups in total. The van der Waals surface area contributed by atoms with Crippen molar-refractivity contribution in [3.63, 3.8) is 0 Å². The van der Waals surface area contributed by atoms with Crippen LogP contribution in [0.5, 0.6) is 0 Å². The van der Waals surface area contributed by atoms with Gasteiger partial charge in [0.1, 0.15) is 5.82 Å². The van der Waals surface area contributed by atoms with Gasteiger partial charge >= 0.3 is 0 Å². The highest BCUT2D eigenvalue weighted by Gasteiger charge is 2.12. The molecule has 118 valence electrons. The van der Waals surface area contributed by atoms with E-state index in [0.29, 0.717) is 16.4 Å². The summed E-state index contributed by atoms with van der Waals surface area (Å²) in [5.41, 5.74) is 0.485.